The van der Waals surface area contributed by atoms with Crippen LogP contribution in [0.4, 0.5) is 5.82 Å². The van der Waals surface area contributed by atoms with Crippen LogP contribution >= 0.6 is 23.2 Å². The second-order valence-electron chi connectivity index (χ2n) is 3.98. The minimum atomic E-state index is -3.82. The van der Waals surface area contributed by atoms with Crippen LogP contribution in [0.1, 0.15) is 11.3 Å². The highest BCUT2D eigenvalue weighted by Crippen LogP contribution is 2.30. The number of nitrogens with one attached hydrogen (secondary N) is 2. The number of aromatic amines is 1. The number of benzene rings is 1. The van der Waals surface area contributed by atoms with Crippen LogP contribution in [0.3, 0.4) is 0 Å². The third-order valence-corrected chi connectivity index (χ3v) is 5.00. The zero-order valence-corrected chi connectivity index (χ0v) is 12.5. The normalized spacial score (nSPS) is 11.6. The van der Waals surface area contributed by atoms with Gasteiger partial charge in [0.15, 0.2) is 5.82 Å². The Morgan fingerprint density at radius 3 is 2.53 bits per heavy atom. The molecule has 2 N–H and O–H groups in total. The fraction of sp³-hybridized carbons (Fsp3) is 0.182. The molecule has 1 aromatic carbocycles. The first-order valence-corrected chi connectivity index (χ1v) is 7.55. The highest BCUT2D eigenvalue weighted by Gasteiger charge is 2.21. The topological polar surface area (TPSA) is 74.8 Å². The Hall–Kier alpha value is -1.24. The van der Waals surface area contributed by atoms with Crippen molar-refractivity contribution in [1.82, 2.24) is 10.2 Å². The predicted molar refractivity (Wildman–Crippen MR) is 75.3 cm³/mol. The van der Waals surface area contributed by atoms with E-state index in [-0.39, 0.29) is 20.8 Å². The van der Waals surface area contributed by atoms with Crippen molar-refractivity contribution in [3.05, 3.63) is 39.5 Å². The number of rotatable bonds is 3. The number of hydrogen-bond acceptors (Lipinski definition) is 3. The van der Waals surface area contributed by atoms with Crippen LogP contribution in [0.5, 0.6) is 0 Å². The molecule has 0 bridgehead atoms. The van der Waals surface area contributed by atoms with Crippen LogP contribution in [0.2, 0.25) is 10.0 Å². The van der Waals surface area contributed by atoms with Crippen LogP contribution in [-0.4, -0.2) is 18.6 Å². The van der Waals surface area contributed by atoms with Gasteiger partial charge in [0.25, 0.3) is 10.0 Å². The Bertz CT molecular complexity index is 726. The smallest absolute Gasteiger partial charge is 0.264 e. The maximum Gasteiger partial charge on any atom is 0.264 e. The Balaban J connectivity index is 2.44. The lowest BCUT2D eigenvalue weighted by Crippen LogP contribution is -2.14. The SMILES string of the molecule is Cc1[nH]nc(NS(=O)(=O)c2cccc(Cl)c2Cl)c1C. The van der Waals surface area contributed by atoms with Crippen LogP contribution in [0.25, 0.3) is 0 Å². The van der Waals surface area contributed by atoms with E-state index >= 15 is 0 Å². The number of anilines is 1. The Labute approximate surface area is 121 Å². The van der Waals surface area contributed by atoms with Gasteiger partial charge in [0.05, 0.1) is 10.0 Å². The second-order valence-corrected chi connectivity index (χ2v) is 6.42. The maximum atomic E-state index is 12.2. The average Bonchev–Trinajstić information content (AvgIpc) is 2.64. The lowest BCUT2D eigenvalue weighted by atomic mass is 10.3. The van der Waals surface area contributed by atoms with Crippen molar-refractivity contribution in [3.8, 4) is 0 Å². The summed E-state index contributed by atoms with van der Waals surface area (Å²) in [6.45, 7) is 3.56. The van der Waals surface area contributed by atoms with Crippen LogP contribution in [-0.2, 0) is 10.0 Å². The molecule has 102 valence electrons. The molecule has 0 saturated carbocycles. The van der Waals surface area contributed by atoms with Gasteiger partial charge in [0.1, 0.15) is 4.90 Å². The van der Waals surface area contributed by atoms with E-state index in [4.69, 9.17) is 23.2 Å². The zero-order chi connectivity index (χ0) is 14.2. The monoisotopic (exact) mass is 319 g/mol. The molecule has 0 fully saturated rings. The van der Waals surface area contributed by atoms with Gasteiger partial charge in [0, 0.05) is 11.3 Å². The Morgan fingerprint density at radius 2 is 1.95 bits per heavy atom. The van der Waals surface area contributed by atoms with Crippen LogP contribution in [0, 0.1) is 13.8 Å². The standard InChI is InChI=1S/C11H11Cl2N3O2S/c1-6-7(2)14-15-11(6)16-19(17,18)9-5-3-4-8(12)10(9)13/h3-5H,1-2H3,(H2,14,15,16). The van der Waals surface area contributed by atoms with Crippen molar-refractivity contribution in [2.75, 3.05) is 4.72 Å². The van der Waals surface area contributed by atoms with Crippen molar-refractivity contribution < 1.29 is 8.42 Å². The van der Waals surface area contributed by atoms with E-state index in [1.165, 1.54) is 18.2 Å². The first-order chi connectivity index (χ1) is 8.83. The molecule has 5 nitrogen and oxygen atoms in total. The number of nitrogens with zero attached hydrogens (tertiary/aromatic N) is 1. The minimum absolute atomic E-state index is 0.0124. The molecule has 1 aromatic heterocycles. The van der Waals surface area contributed by atoms with Gasteiger partial charge in [-0.2, -0.15) is 5.10 Å². The summed E-state index contributed by atoms with van der Waals surface area (Å²) in [5.74, 6) is 0.244. The molecule has 0 spiro atoms. The molecule has 2 aromatic rings. The van der Waals surface area contributed by atoms with E-state index in [1.807, 2.05) is 0 Å². The van der Waals surface area contributed by atoms with Crippen molar-refractivity contribution in [2.45, 2.75) is 18.7 Å². The van der Waals surface area contributed by atoms with Crippen molar-refractivity contribution in [2.24, 2.45) is 0 Å². The maximum absolute atomic E-state index is 12.2. The summed E-state index contributed by atoms with van der Waals surface area (Å²) in [7, 11) is -3.82. The summed E-state index contributed by atoms with van der Waals surface area (Å²) in [5, 5.41) is 6.76. The number of sulfonamides is 1. The summed E-state index contributed by atoms with van der Waals surface area (Å²) < 4.78 is 26.8. The largest absolute Gasteiger partial charge is 0.280 e. The Morgan fingerprint density at radius 1 is 1.26 bits per heavy atom. The van der Waals surface area contributed by atoms with Crippen molar-refractivity contribution in [3.63, 3.8) is 0 Å². The molecule has 8 heteroatoms. The van der Waals surface area contributed by atoms with Gasteiger partial charge in [0.2, 0.25) is 0 Å². The molecule has 0 aliphatic carbocycles. The minimum Gasteiger partial charge on any atom is -0.280 e. The Kier molecular flexibility index (Phi) is 3.75. The van der Waals surface area contributed by atoms with Crippen molar-refractivity contribution >= 4 is 39.0 Å². The van der Waals surface area contributed by atoms with E-state index in [9.17, 15) is 8.42 Å². The van der Waals surface area contributed by atoms with E-state index in [0.717, 1.165) is 11.3 Å². The van der Waals surface area contributed by atoms with Gasteiger partial charge in [-0.05, 0) is 26.0 Å². The van der Waals surface area contributed by atoms with E-state index < -0.39 is 10.0 Å². The molecule has 2 rings (SSSR count). The molecule has 19 heavy (non-hydrogen) atoms. The molecule has 0 aliphatic rings. The second kappa shape index (κ2) is 5.03. The fourth-order valence-corrected chi connectivity index (χ4v) is 3.29. The molecule has 0 amide bonds. The van der Waals surface area contributed by atoms with Crippen LogP contribution in [0.15, 0.2) is 23.1 Å². The number of H-pyrrole nitrogens is 1. The molecule has 0 radical (unpaired) electrons. The third-order valence-electron chi connectivity index (χ3n) is 2.69. The highest BCUT2D eigenvalue weighted by molar-refractivity contribution is 7.92. The number of aromatic nitrogens is 2. The lowest BCUT2D eigenvalue weighted by molar-refractivity contribution is 0.601. The number of hydrogen-bond donors (Lipinski definition) is 2. The summed E-state index contributed by atoms with van der Waals surface area (Å²) in [6.07, 6.45) is 0. The first-order valence-electron chi connectivity index (χ1n) is 5.31. The van der Waals surface area contributed by atoms with Gasteiger partial charge < -0.3 is 0 Å². The number of halogens is 2. The average molecular weight is 320 g/mol. The van der Waals surface area contributed by atoms with E-state index in [0.29, 0.717) is 0 Å². The van der Waals surface area contributed by atoms with Crippen molar-refractivity contribution in [1.29, 1.82) is 0 Å². The zero-order valence-electron chi connectivity index (χ0n) is 10.2. The quantitative estimate of drug-likeness (QED) is 0.912. The van der Waals surface area contributed by atoms with Gasteiger partial charge in [-0.25, -0.2) is 8.42 Å². The van der Waals surface area contributed by atoms with Gasteiger partial charge >= 0.3 is 0 Å². The first kappa shape index (κ1) is 14.2. The highest BCUT2D eigenvalue weighted by atomic mass is 35.5. The molecule has 0 unspecified atom stereocenters. The molecule has 1 heterocycles. The molecular formula is C11H11Cl2N3O2S. The van der Waals surface area contributed by atoms with Gasteiger partial charge in [-0.1, -0.05) is 29.3 Å². The number of aryl methyl sites for hydroxylation is 1. The molecule has 0 atom stereocenters. The molecule has 0 aliphatic heterocycles. The predicted octanol–water partition coefficient (Wildman–Crippen LogP) is 3.13. The summed E-state index contributed by atoms with van der Waals surface area (Å²) in [4.78, 5) is -0.0817. The lowest BCUT2D eigenvalue weighted by Gasteiger charge is -2.08. The molecule has 0 saturated heterocycles. The summed E-state index contributed by atoms with van der Waals surface area (Å²) in [6, 6.07) is 4.42. The van der Waals surface area contributed by atoms with Crippen LogP contribution < -0.4 is 4.72 Å². The fourth-order valence-electron chi connectivity index (χ4n) is 1.46. The van der Waals surface area contributed by atoms with E-state index in [2.05, 4.69) is 14.9 Å². The third kappa shape index (κ3) is 2.70. The van der Waals surface area contributed by atoms with E-state index in [1.54, 1.807) is 13.8 Å². The summed E-state index contributed by atoms with van der Waals surface area (Å²) >= 11 is 11.7. The van der Waals surface area contributed by atoms with Gasteiger partial charge in [-0.3, -0.25) is 9.82 Å². The molecular weight excluding hydrogens is 309 g/mol. The van der Waals surface area contributed by atoms with Gasteiger partial charge in [-0.15, -0.1) is 0 Å². The summed E-state index contributed by atoms with van der Waals surface area (Å²) in [5.41, 5.74) is 1.51.